The van der Waals surface area contributed by atoms with Crippen LogP contribution in [0.2, 0.25) is 5.02 Å². The zero-order chi connectivity index (χ0) is 25.4. The number of pyridine rings is 1. The van der Waals surface area contributed by atoms with E-state index in [1.165, 1.54) is 11.3 Å². The third kappa shape index (κ3) is 5.52. The first-order valence-electron chi connectivity index (χ1n) is 11.6. The molecule has 35 heavy (non-hydrogen) atoms. The Kier molecular flexibility index (Phi) is 7.22. The number of rotatable bonds is 9. The molecule has 3 aromatic rings. The van der Waals surface area contributed by atoms with Crippen molar-refractivity contribution in [1.82, 2.24) is 9.97 Å². The van der Waals surface area contributed by atoms with Crippen molar-refractivity contribution in [3.63, 3.8) is 0 Å². The Morgan fingerprint density at radius 3 is 2.34 bits per heavy atom. The molecule has 0 atom stereocenters. The Balaban J connectivity index is 1.60. The molecular weight excluding hydrogens is 504 g/mol. The van der Waals surface area contributed by atoms with Gasteiger partial charge in [-0.25, -0.2) is 13.4 Å². The van der Waals surface area contributed by atoms with Gasteiger partial charge in [-0.3, -0.25) is 14.5 Å². The highest BCUT2D eigenvalue weighted by Crippen LogP contribution is 2.35. The molecule has 2 N–H and O–H groups in total. The molecule has 0 spiro atoms. The zero-order valence-corrected chi connectivity index (χ0v) is 22.6. The number of anilines is 2. The Hall–Kier alpha value is -2.49. The molecule has 0 radical (unpaired) electrons. The Bertz CT molecular complexity index is 1340. The van der Waals surface area contributed by atoms with Gasteiger partial charge in [-0.2, -0.15) is 0 Å². The number of carbonyl (C=O) groups is 1. The largest absolute Gasteiger partial charge is 0.325 e. The molecule has 0 aliphatic heterocycles. The van der Waals surface area contributed by atoms with E-state index in [1.54, 1.807) is 31.6 Å². The fourth-order valence-corrected chi connectivity index (χ4v) is 6.45. The highest BCUT2D eigenvalue weighted by atomic mass is 35.5. The summed E-state index contributed by atoms with van der Waals surface area (Å²) in [4.78, 5) is 22.1. The van der Waals surface area contributed by atoms with E-state index >= 15 is 0 Å². The van der Waals surface area contributed by atoms with Crippen molar-refractivity contribution in [3.05, 3.63) is 57.8 Å². The molecule has 1 amide bonds. The molecule has 2 aromatic heterocycles. The van der Waals surface area contributed by atoms with Crippen molar-refractivity contribution >= 4 is 49.7 Å². The van der Waals surface area contributed by atoms with Crippen LogP contribution in [0, 0.1) is 0 Å². The summed E-state index contributed by atoms with van der Waals surface area (Å²) in [6.07, 6.45) is 6.19. The molecule has 10 heteroatoms. The van der Waals surface area contributed by atoms with Crippen LogP contribution < -0.4 is 10.0 Å². The van der Waals surface area contributed by atoms with Crippen LogP contribution in [-0.4, -0.2) is 29.5 Å². The predicted molar refractivity (Wildman–Crippen MR) is 143 cm³/mol. The van der Waals surface area contributed by atoms with Crippen molar-refractivity contribution in [2.24, 2.45) is 0 Å². The first kappa shape index (κ1) is 25.6. The van der Waals surface area contributed by atoms with Gasteiger partial charge in [0.1, 0.15) is 0 Å². The topological polar surface area (TPSA) is 101 Å². The molecule has 1 saturated carbocycles. The predicted octanol–water partition coefficient (Wildman–Crippen LogP) is 5.80. The number of amides is 1. The second-order valence-electron chi connectivity index (χ2n) is 9.23. The SMILES string of the molecule is CCc1cc(-c2cncc(Cl)c2)cc(CC)c1NC(=O)C(C)(C)c1csc(NS(=O)(=O)C2CC2)n1. The molecule has 7 nitrogen and oxygen atoms in total. The van der Waals surface area contributed by atoms with Gasteiger partial charge in [0.05, 0.1) is 21.4 Å². The van der Waals surface area contributed by atoms with Crippen LogP contribution in [0.5, 0.6) is 0 Å². The number of nitrogens with zero attached hydrogens (tertiary/aromatic N) is 2. The summed E-state index contributed by atoms with van der Waals surface area (Å²) in [5.41, 5.74) is 4.30. The summed E-state index contributed by atoms with van der Waals surface area (Å²) in [6.45, 7) is 7.68. The van der Waals surface area contributed by atoms with Crippen molar-refractivity contribution in [2.45, 2.75) is 64.0 Å². The summed E-state index contributed by atoms with van der Waals surface area (Å²) in [7, 11) is -3.40. The molecule has 1 fully saturated rings. The third-order valence-corrected chi connectivity index (χ3v) is 9.17. The fraction of sp³-hybridized carbons (Fsp3) is 0.400. The van der Waals surface area contributed by atoms with Gasteiger partial charge in [0.15, 0.2) is 5.13 Å². The minimum atomic E-state index is -3.40. The number of nitrogens with one attached hydrogen (secondary N) is 2. The van der Waals surface area contributed by atoms with Gasteiger partial charge in [0.2, 0.25) is 15.9 Å². The first-order chi connectivity index (χ1) is 16.5. The lowest BCUT2D eigenvalue weighted by Crippen LogP contribution is -2.35. The molecule has 1 aromatic carbocycles. The van der Waals surface area contributed by atoms with E-state index in [4.69, 9.17) is 11.6 Å². The number of hydrogen-bond donors (Lipinski definition) is 2. The number of halogens is 1. The number of sulfonamides is 1. The van der Waals surface area contributed by atoms with E-state index < -0.39 is 15.4 Å². The number of carbonyl (C=O) groups excluding carboxylic acids is 1. The zero-order valence-electron chi connectivity index (χ0n) is 20.2. The molecule has 4 rings (SSSR count). The van der Waals surface area contributed by atoms with Crippen LogP contribution >= 0.6 is 22.9 Å². The molecule has 186 valence electrons. The van der Waals surface area contributed by atoms with Crippen LogP contribution in [0.1, 0.15) is 57.4 Å². The summed E-state index contributed by atoms with van der Waals surface area (Å²) in [5, 5.41) is 5.40. The van der Waals surface area contributed by atoms with Gasteiger partial charge in [-0.15, -0.1) is 11.3 Å². The molecule has 1 aliphatic carbocycles. The summed E-state index contributed by atoms with van der Waals surface area (Å²) < 4.78 is 27.1. The lowest BCUT2D eigenvalue weighted by molar-refractivity contribution is -0.120. The lowest BCUT2D eigenvalue weighted by Gasteiger charge is -2.24. The van der Waals surface area contributed by atoms with Crippen molar-refractivity contribution in [1.29, 1.82) is 0 Å². The molecule has 0 saturated heterocycles. The molecule has 0 bridgehead atoms. The Morgan fingerprint density at radius 2 is 1.77 bits per heavy atom. The maximum absolute atomic E-state index is 13.5. The molecule has 1 aliphatic rings. The van der Waals surface area contributed by atoms with Gasteiger partial charge < -0.3 is 5.32 Å². The normalized spacial score (nSPS) is 14.1. The van der Waals surface area contributed by atoms with Crippen LogP contribution in [0.15, 0.2) is 36.0 Å². The smallest absolute Gasteiger partial charge is 0.237 e. The fourth-order valence-electron chi connectivity index (χ4n) is 3.80. The second kappa shape index (κ2) is 9.87. The van der Waals surface area contributed by atoms with Crippen molar-refractivity contribution in [2.75, 3.05) is 10.0 Å². The van der Waals surface area contributed by atoms with E-state index in [1.807, 2.05) is 19.9 Å². The lowest BCUT2D eigenvalue weighted by atomic mass is 9.88. The summed E-state index contributed by atoms with van der Waals surface area (Å²) in [5.74, 6) is -0.207. The molecule has 2 heterocycles. The van der Waals surface area contributed by atoms with E-state index in [-0.39, 0.29) is 16.3 Å². The second-order valence-corrected chi connectivity index (χ2v) is 12.5. The number of aromatic nitrogens is 2. The van der Waals surface area contributed by atoms with Gasteiger partial charge in [-0.1, -0.05) is 25.4 Å². The number of aryl methyl sites for hydroxylation is 2. The highest BCUT2D eigenvalue weighted by molar-refractivity contribution is 7.93. The van der Waals surface area contributed by atoms with Crippen LogP contribution in [0.4, 0.5) is 10.8 Å². The van der Waals surface area contributed by atoms with Gasteiger partial charge in [0, 0.05) is 29.0 Å². The maximum atomic E-state index is 13.5. The molecular formula is C25H29ClN4O3S2. The van der Waals surface area contributed by atoms with E-state index in [0.717, 1.165) is 40.8 Å². The maximum Gasteiger partial charge on any atom is 0.237 e. The van der Waals surface area contributed by atoms with E-state index in [9.17, 15) is 13.2 Å². The first-order valence-corrected chi connectivity index (χ1v) is 14.4. The van der Waals surface area contributed by atoms with Gasteiger partial charge in [0.25, 0.3) is 0 Å². The number of benzene rings is 1. The quantitative estimate of drug-likeness (QED) is 0.362. The number of hydrogen-bond acceptors (Lipinski definition) is 6. The standard InChI is InChI=1S/C25H29ClN4O3S2/c1-5-15-9-17(18-11-19(26)13-27-12-18)10-16(6-2)22(15)29-23(31)25(3,4)21-14-34-24(28-21)30-35(32,33)20-7-8-20/h9-14,20H,5-8H2,1-4H3,(H,28,30)(H,29,31). The monoisotopic (exact) mass is 532 g/mol. The Morgan fingerprint density at radius 1 is 1.11 bits per heavy atom. The minimum absolute atomic E-state index is 0.207. The van der Waals surface area contributed by atoms with Gasteiger partial charge >= 0.3 is 0 Å². The van der Waals surface area contributed by atoms with E-state index in [0.29, 0.717) is 23.6 Å². The summed E-state index contributed by atoms with van der Waals surface area (Å²) >= 11 is 7.33. The number of thiazole rings is 1. The highest BCUT2D eigenvalue weighted by Gasteiger charge is 2.37. The molecule has 0 unspecified atom stereocenters. The van der Waals surface area contributed by atoms with Crippen LogP contribution in [0.25, 0.3) is 11.1 Å². The van der Waals surface area contributed by atoms with Crippen molar-refractivity contribution < 1.29 is 13.2 Å². The third-order valence-electron chi connectivity index (χ3n) is 6.25. The average Bonchev–Trinajstić information content (AvgIpc) is 3.59. The van der Waals surface area contributed by atoms with Crippen LogP contribution in [-0.2, 0) is 33.1 Å². The van der Waals surface area contributed by atoms with Gasteiger partial charge in [-0.05, 0) is 74.4 Å². The Labute approximate surface area is 215 Å². The van der Waals surface area contributed by atoms with E-state index in [2.05, 4.69) is 32.1 Å². The van der Waals surface area contributed by atoms with Crippen LogP contribution in [0.3, 0.4) is 0 Å². The van der Waals surface area contributed by atoms with Crippen molar-refractivity contribution in [3.8, 4) is 11.1 Å². The summed E-state index contributed by atoms with van der Waals surface area (Å²) in [6, 6.07) is 5.99. The minimum Gasteiger partial charge on any atom is -0.325 e. The average molecular weight is 533 g/mol.